The van der Waals surface area contributed by atoms with E-state index >= 15 is 0 Å². The molecule has 7 heteroatoms. The molecule has 2 aromatic heterocycles. The van der Waals surface area contributed by atoms with E-state index in [4.69, 9.17) is 5.11 Å². The molecule has 2 heterocycles. The first kappa shape index (κ1) is 17.4. The summed E-state index contributed by atoms with van der Waals surface area (Å²) in [6, 6.07) is 18.0. The van der Waals surface area contributed by atoms with E-state index in [1.165, 1.54) is 0 Å². The molecule has 138 valence electrons. The molecular formula is C21H16N4O3. The highest BCUT2D eigenvalue weighted by atomic mass is 16.4. The molecule has 0 bridgehead atoms. The SMILES string of the molecule is CN(c1ccc(-c2cccc(C(=O)O)c2)cc1)c1nc(=O)[nH]c2ncccc12. The van der Waals surface area contributed by atoms with Crippen molar-refractivity contribution < 1.29 is 9.90 Å². The van der Waals surface area contributed by atoms with Crippen LogP contribution in [0.4, 0.5) is 11.5 Å². The number of rotatable bonds is 4. The molecule has 2 aromatic carbocycles. The van der Waals surface area contributed by atoms with Gasteiger partial charge in [0, 0.05) is 18.9 Å². The zero-order valence-corrected chi connectivity index (χ0v) is 15.0. The number of carboxylic acids is 1. The van der Waals surface area contributed by atoms with E-state index < -0.39 is 11.7 Å². The summed E-state index contributed by atoms with van der Waals surface area (Å²) in [4.78, 5) is 35.8. The molecule has 4 aromatic rings. The molecule has 0 aliphatic carbocycles. The quantitative estimate of drug-likeness (QED) is 0.569. The van der Waals surface area contributed by atoms with Gasteiger partial charge in [-0.25, -0.2) is 14.6 Å². The van der Waals surface area contributed by atoms with Crippen LogP contribution in [0.1, 0.15) is 10.4 Å². The number of aromatic nitrogens is 3. The van der Waals surface area contributed by atoms with Crippen molar-refractivity contribution in [3.05, 3.63) is 82.9 Å². The van der Waals surface area contributed by atoms with E-state index in [-0.39, 0.29) is 5.56 Å². The van der Waals surface area contributed by atoms with Crippen molar-refractivity contribution in [3.8, 4) is 11.1 Å². The van der Waals surface area contributed by atoms with Gasteiger partial charge in [-0.05, 0) is 47.5 Å². The summed E-state index contributed by atoms with van der Waals surface area (Å²) < 4.78 is 0. The largest absolute Gasteiger partial charge is 0.478 e. The van der Waals surface area contributed by atoms with Crippen molar-refractivity contribution >= 4 is 28.5 Å². The van der Waals surface area contributed by atoms with Gasteiger partial charge in [0.2, 0.25) is 0 Å². The molecule has 0 aliphatic heterocycles. The lowest BCUT2D eigenvalue weighted by Gasteiger charge is -2.19. The van der Waals surface area contributed by atoms with Crippen LogP contribution in [-0.2, 0) is 0 Å². The Morgan fingerprint density at radius 1 is 1.04 bits per heavy atom. The van der Waals surface area contributed by atoms with Crippen LogP contribution < -0.4 is 10.6 Å². The highest BCUT2D eigenvalue weighted by Gasteiger charge is 2.12. The molecule has 0 unspecified atom stereocenters. The second kappa shape index (κ2) is 6.96. The number of anilines is 2. The van der Waals surface area contributed by atoms with Crippen LogP contribution >= 0.6 is 0 Å². The third kappa shape index (κ3) is 3.21. The summed E-state index contributed by atoms with van der Waals surface area (Å²) in [5, 5.41) is 9.90. The lowest BCUT2D eigenvalue weighted by atomic mass is 10.0. The Bertz CT molecular complexity index is 1230. The highest BCUT2D eigenvalue weighted by molar-refractivity contribution is 5.90. The second-order valence-electron chi connectivity index (χ2n) is 6.26. The Balaban J connectivity index is 1.71. The first-order valence-corrected chi connectivity index (χ1v) is 8.55. The molecule has 0 radical (unpaired) electrons. The Labute approximate surface area is 159 Å². The van der Waals surface area contributed by atoms with Crippen molar-refractivity contribution in [2.75, 3.05) is 11.9 Å². The summed E-state index contributed by atoms with van der Waals surface area (Å²) in [6.45, 7) is 0. The first-order valence-electron chi connectivity index (χ1n) is 8.55. The monoisotopic (exact) mass is 372 g/mol. The molecule has 0 spiro atoms. The fraction of sp³-hybridized carbons (Fsp3) is 0.0476. The average molecular weight is 372 g/mol. The van der Waals surface area contributed by atoms with E-state index in [0.717, 1.165) is 22.2 Å². The summed E-state index contributed by atoms with van der Waals surface area (Å²) in [7, 11) is 1.83. The fourth-order valence-electron chi connectivity index (χ4n) is 3.06. The first-order chi connectivity index (χ1) is 13.5. The number of carbonyl (C=O) groups is 1. The number of aromatic amines is 1. The highest BCUT2D eigenvalue weighted by Crippen LogP contribution is 2.29. The Morgan fingerprint density at radius 2 is 1.82 bits per heavy atom. The normalized spacial score (nSPS) is 10.8. The Morgan fingerprint density at radius 3 is 2.57 bits per heavy atom. The van der Waals surface area contributed by atoms with Crippen LogP contribution in [0.25, 0.3) is 22.2 Å². The van der Waals surface area contributed by atoms with Gasteiger partial charge in [0.1, 0.15) is 11.5 Å². The summed E-state index contributed by atoms with van der Waals surface area (Å²) in [5.74, 6) is -0.452. The van der Waals surface area contributed by atoms with E-state index in [0.29, 0.717) is 11.5 Å². The molecule has 2 N–H and O–H groups in total. The summed E-state index contributed by atoms with van der Waals surface area (Å²) >= 11 is 0. The van der Waals surface area contributed by atoms with Gasteiger partial charge < -0.3 is 10.0 Å². The number of carboxylic acid groups (broad SMARTS) is 1. The number of pyridine rings is 1. The predicted molar refractivity (Wildman–Crippen MR) is 107 cm³/mol. The number of aromatic carboxylic acids is 1. The number of fused-ring (bicyclic) bond motifs is 1. The third-order valence-corrected chi connectivity index (χ3v) is 4.50. The standard InChI is InChI=1S/C21H16N4O3/c1-25(19-17-6-3-11-22-18(17)23-21(28)24-19)16-9-7-13(8-10-16)14-4-2-5-15(12-14)20(26)27/h2-12H,1H3,(H,26,27)(H,22,23,24,28). The maximum atomic E-state index is 11.9. The van der Waals surface area contributed by atoms with Crippen LogP contribution in [-0.4, -0.2) is 33.1 Å². The zero-order valence-electron chi connectivity index (χ0n) is 15.0. The van der Waals surface area contributed by atoms with Crippen molar-refractivity contribution in [2.24, 2.45) is 0 Å². The molecule has 0 amide bonds. The molecule has 0 saturated carbocycles. The fourth-order valence-corrected chi connectivity index (χ4v) is 3.06. The summed E-state index contributed by atoms with van der Waals surface area (Å²) in [6.07, 6.45) is 1.61. The maximum absolute atomic E-state index is 11.9. The number of nitrogens with zero attached hydrogens (tertiary/aromatic N) is 3. The van der Waals surface area contributed by atoms with Crippen molar-refractivity contribution in [1.29, 1.82) is 0 Å². The number of H-pyrrole nitrogens is 1. The van der Waals surface area contributed by atoms with Crippen molar-refractivity contribution in [2.45, 2.75) is 0 Å². The van der Waals surface area contributed by atoms with Crippen LogP contribution in [0.3, 0.4) is 0 Å². The minimum Gasteiger partial charge on any atom is -0.478 e. The predicted octanol–water partition coefficient (Wildman–Crippen LogP) is 3.45. The van der Waals surface area contributed by atoms with E-state index in [1.54, 1.807) is 30.5 Å². The molecule has 0 saturated heterocycles. The molecule has 4 rings (SSSR count). The molecule has 28 heavy (non-hydrogen) atoms. The van der Waals surface area contributed by atoms with Gasteiger partial charge in [0.15, 0.2) is 0 Å². The smallest absolute Gasteiger partial charge is 0.348 e. The summed E-state index contributed by atoms with van der Waals surface area (Å²) in [5.41, 5.74) is 2.80. The Hall–Kier alpha value is -4.00. The number of hydrogen-bond donors (Lipinski definition) is 2. The van der Waals surface area contributed by atoms with E-state index in [2.05, 4.69) is 15.0 Å². The number of nitrogens with one attached hydrogen (secondary N) is 1. The molecule has 0 fully saturated rings. The molecular weight excluding hydrogens is 356 g/mol. The topological polar surface area (TPSA) is 99.2 Å². The van der Waals surface area contributed by atoms with Gasteiger partial charge in [0.05, 0.1) is 10.9 Å². The molecule has 7 nitrogen and oxygen atoms in total. The molecule has 0 atom stereocenters. The van der Waals surface area contributed by atoms with Crippen molar-refractivity contribution in [1.82, 2.24) is 15.0 Å². The number of hydrogen-bond acceptors (Lipinski definition) is 5. The molecule has 0 aliphatic rings. The van der Waals surface area contributed by atoms with Crippen LogP contribution in [0.2, 0.25) is 0 Å². The van der Waals surface area contributed by atoms with Gasteiger partial charge in [-0.3, -0.25) is 4.98 Å². The van der Waals surface area contributed by atoms with Gasteiger partial charge in [-0.2, -0.15) is 4.98 Å². The van der Waals surface area contributed by atoms with E-state index in [1.807, 2.05) is 48.3 Å². The van der Waals surface area contributed by atoms with Crippen LogP contribution in [0.5, 0.6) is 0 Å². The van der Waals surface area contributed by atoms with Gasteiger partial charge in [-0.15, -0.1) is 0 Å². The van der Waals surface area contributed by atoms with Gasteiger partial charge in [0.25, 0.3) is 0 Å². The Kier molecular flexibility index (Phi) is 4.33. The van der Waals surface area contributed by atoms with Crippen LogP contribution in [0.15, 0.2) is 71.7 Å². The van der Waals surface area contributed by atoms with E-state index in [9.17, 15) is 9.59 Å². The minimum atomic E-state index is -0.959. The lowest BCUT2D eigenvalue weighted by Crippen LogP contribution is -2.19. The van der Waals surface area contributed by atoms with Gasteiger partial charge in [-0.1, -0.05) is 24.3 Å². The zero-order chi connectivity index (χ0) is 19.7. The van der Waals surface area contributed by atoms with Crippen LogP contribution in [0, 0.1) is 0 Å². The lowest BCUT2D eigenvalue weighted by molar-refractivity contribution is 0.0697. The van der Waals surface area contributed by atoms with Crippen molar-refractivity contribution in [3.63, 3.8) is 0 Å². The van der Waals surface area contributed by atoms with Gasteiger partial charge >= 0.3 is 11.7 Å². The average Bonchev–Trinajstić information content (AvgIpc) is 2.73. The maximum Gasteiger partial charge on any atom is 0.348 e. The number of benzene rings is 2. The second-order valence-corrected chi connectivity index (χ2v) is 6.26. The minimum absolute atomic E-state index is 0.241. The third-order valence-electron chi connectivity index (χ3n) is 4.50.